The van der Waals surface area contributed by atoms with Gasteiger partial charge in [0.1, 0.15) is 0 Å². The maximum atomic E-state index is 12.8. The predicted molar refractivity (Wildman–Crippen MR) is 46.4 cm³/mol. The third-order valence-corrected chi connectivity index (χ3v) is 3.36. The van der Waals surface area contributed by atoms with Crippen LogP contribution in [0.5, 0.6) is 0 Å². The van der Waals surface area contributed by atoms with Gasteiger partial charge in [0.2, 0.25) is 8.41 Å². The van der Waals surface area contributed by atoms with Crippen LogP contribution in [0.1, 0.15) is 6.42 Å². The number of hydrogen-bond donors (Lipinski definition) is 0. The summed E-state index contributed by atoms with van der Waals surface area (Å²) in [6.45, 7) is 3.54. The zero-order valence-corrected chi connectivity index (χ0v) is 8.22. The van der Waals surface area contributed by atoms with Gasteiger partial charge in [0.25, 0.3) is 0 Å². The Bertz CT molecular complexity index is 69.9. The highest BCUT2D eigenvalue weighted by molar-refractivity contribution is 7.98. The molecule has 0 N–H and O–H groups in total. The van der Waals surface area contributed by atoms with E-state index in [1.807, 2.05) is 0 Å². The molecule has 0 rings (SSSR count). The van der Waals surface area contributed by atoms with Gasteiger partial charge in [-0.2, -0.15) is 11.8 Å². The van der Waals surface area contributed by atoms with Crippen LogP contribution in [-0.2, 0) is 0 Å². The van der Waals surface area contributed by atoms with Gasteiger partial charge in [0.05, 0.1) is 0 Å². The highest BCUT2D eigenvalue weighted by Crippen LogP contribution is 2.14. The summed E-state index contributed by atoms with van der Waals surface area (Å²) in [6.07, 6.45) is 3.11. The van der Waals surface area contributed by atoms with E-state index < -0.39 is 8.41 Å². The summed E-state index contributed by atoms with van der Waals surface area (Å²) in [5.41, 5.74) is 0. The third kappa shape index (κ3) is 8.50. The molecule has 3 heteroatoms. The van der Waals surface area contributed by atoms with Crippen LogP contribution in [0.3, 0.4) is 0 Å². The molecule has 56 valence electrons. The third-order valence-electron chi connectivity index (χ3n) is 1.12. The molecule has 0 bridgehead atoms. The van der Waals surface area contributed by atoms with Crippen LogP contribution in [0.25, 0.3) is 0 Å². The number of halogens is 1. The van der Waals surface area contributed by atoms with Gasteiger partial charge in [0, 0.05) is 0 Å². The first-order chi connectivity index (χ1) is 4.06. The van der Waals surface area contributed by atoms with Gasteiger partial charge in [-0.1, -0.05) is 0 Å². The summed E-state index contributed by atoms with van der Waals surface area (Å²) in [5.74, 6) is 1.11. The van der Waals surface area contributed by atoms with Crippen molar-refractivity contribution in [2.75, 3.05) is 12.0 Å². The molecule has 0 atom stereocenters. The monoisotopic (exact) mass is 166 g/mol. The molecule has 0 aromatic heterocycles. The molecule has 0 spiro atoms. The van der Waals surface area contributed by atoms with Crippen LogP contribution in [0.15, 0.2) is 0 Å². The van der Waals surface area contributed by atoms with Crippen LogP contribution in [0.4, 0.5) is 4.11 Å². The summed E-state index contributed by atoms with van der Waals surface area (Å²) in [7, 11) is -2.21. The van der Waals surface area contributed by atoms with Crippen LogP contribution in [0.2, 0.25) is 19.1 Å². The second-order valence-electron chi connectivity index (χ2n) is 2.82. The minimum absolute atomic E-state index is 0.827. The van der Waals surface area contributed by atoms with E-state index in [1.54, 1.807) is 24.9 Å². The highest BCUT2D eigenvalue weighted by atomic mass is 32.2. The highest BCUT2D eigenvalue weighted by Gasteiger charge is 2.18. The van der Waals surface area contributed by atoms with E-state index in [4.69, 9.17) is 0 Å². The summed E-state index contributed by atoms with van der Waals surface area (Å²) in [6, 6.07) is 0.827. The molecule has 0 aliphatic heterocycles. The first-order valence-corrected chi connectivity index (χ1v) is 7.72. The molecule has 0 fully saturated rings. The first kappa shape index (κ1) is 9.50. The molecule has 0 radical (unpaired) electrons. The van der Waals surface area contributed by atoms with E-state index in [1.165, 1.54) is 0 Å². The van der Waals surface area contributed by atoms with Gasteiger partial charge < -0.3 is 4.11 Å². The molecule has 0 nitrogen and oxygen atoms in total. The zero-order valence-electron chi connectivity index (χ0n) is 6.41. The fourth-order valence-corrected chi connectivity index (χ4v) is 2.34. The fourth-order valence-electron chi connectivity index (χ4n) is 0.637. The van der Waals surface area contributed by atoms with Crippen LogP contribution >= 0.6 is 11.8 Å². The van der Waals surface area contributed by atoms with Crippen molar-refractivity contribution in [1.82, 2.24) is 0 Å². The summed E-state index contributed by atoms with van der Waals surface area (Å²) in [4.78, 5) is 0. The van der Waals surface area contributed by atoms with Crippen molar-refractivity contribution >= 4 is 20.2 Å². The van der Waals surface area contributed by atoms with E-state index in [2.05, 4.69) is 6.26 Å². The minimum atomic E-state index is -2.21. The van der Waals surface area contributed by atoms with Crippen molar-refractivity contribution < 1.29 is 4.11 Å². The topological polar surface area (TPSA) is 0 Å². The molecule has 0 saturated carbocycles. The van der Waals surface area contributed by atoms with E-state index in [-0.39, 0.29) is 0 Å². The lowest BCUT2D eigenvalue weighted by Gasteiger charge is -2.08. The molecule has 0 saturated heterocycles. The number of hydrogen-bond acceptors (Lipinski definition) is 1. The largest absolute Gasteiger partial charge is 0.314 e. The lowest BCUT2D eigenvalue weighted by molar-refractivity contribution is 0.776. The van der Waals surface area contributed by atoms with Crippen molar-refractivity contribution in [3.05, 3.63) is 0 Å². The van der Waals surface area contributed by atoms with Crippen molar-refractivity contribution in [2.45, 2.75) is 25.6 Å². The Kier molecular flexibility index (Phi) is 4.57. The van der Waals surface area contributed by atoms with Gasteiger partial charge in [-0.3, -0.25) is 0 Å². The van der Waals surface area contributed by atoms with Gasteiger partial charge in [-0.05, 0) is 37.6 Å². The smallest absolute Gasteiger partial charge is 0.241 e. The Labute approximate surface area is 62.4 Å². The maximum absolute atomic E-state index is 12.8. The SMILES string of the molecule is CSCCC[Si](C)(C)F. The Morgan fingerprint density at radius 2 is 2.00 bits per heavy atom. The number of thioether (sulfide) groups is 1. The predicted octanol–water partition coefficient (Wildman–Crippen LogP) is 2.91. The quantitative estimate of drug-likeness (QED) is 0.351. The Hall–Kier alpha value is 0.497. The van der Waals surface area contributed by atoms with Gasteiger partial charge in [0.15, 0.2) is 0 Å². The average molecular weight is 166 g/mol. The van der Waals surface area contributed by atoms with E-state index in [9.17, 15) is 4.11 Å². The molecule has 0 aromatic rings. The molecule has 0 unspecified atom stereocenters. The van der Waals surface area contributed by atoms with Crippen LogP contribution in [-0.4, -0.2) is 20.4 Å². The second-order valence-corrected chi connectivity index (χ2v) is 7.74. The molecule has 0 heterocycles. The Morgan fingerprint density at radius 1 is 1.44 bits per heavy atom. The van der Waals surface area contributed by atoms with Crippen molar-refractivity contribution in [3.63, 3.8) is 0 Å². The number of rotatable bonds is 4. The molecule has 0 amide bonds. The van der Waals surface area contributed by atoms with E-state index >= 15 is 0 Å². The van der Waals surface area contributed by atoms with Crippen LogP contribution < -0.4 is 0 Å². The first-order valence-electron chi connectivity index (χ1n) is 3.24. The van der Waals surface area contributed by atoms with Crippen LogP contribution in [0, 0.1) is 0 Å². The van der Waals surface area contributed by atoms with E-state index in [0.717, 1.165) is 18.2 Å². The minimum Gasteiger partial charge on any atom is -0.314 e. The fraction of sp³-hybridized carbons (Fsp3) is 1.00. The Morgan fingerprint density at radius 3 is 2.33 bits per heavy atom. The lowest BCUT2D eigenvalue weighted by Crippen LogP contribution is -2.17. The molecule has 0 aliphatic carbocycles. The van der Waals surface area contributed by atoms with Crippen molar-refractivity contribution in [2.24, 2.45) is 0 Å². The molecular formula is C6H15FSSi. The van der Waals surface area contributed by atoms with Gasteiger partial charge >= 0.3 is 0 Å². The van der Waals surface area contributed by atoms with E-state index in [0.29, 0.717) is 0 Å². The van der Waals surface area contributed by atoms with Gasteiger partial charge in [-0.15, -0.1) is 0 Å². The van der Waals surface area contributed by atoms with Crippen molar-refractivity contribution in [3.8, 4) is 0 Å². The van der Waals surface area contributed by atoms with Crippen molar-refractivity contribution in [1.29, 1.82) is 0 Å². The summed E-state index contributed by atoms with van der Waals surface area (Å²) in [5, 5.41) is 0. The zero-order chi connectivity index (χ0) is 7.33. The summed E-state index contributed by atoms with van der Waals surface area (Å²) >= 11 is 1.80. The second kappa shape index (κ2) is 4.33. The maximum Gasteiger partial charge on any atom is 0.241 e. The standard InChI is InChI=1S/C6H15FSSi/c1-8-5-4-6-9(2,3)7/h4-6H2,1-3H3. The Balaban J connectivity index is 3.07. The lowest BCUT2D eigenvalue weighted by atomic mass is 10.6. The molecule has 0 aliphatic rings. The molecule has 0 aromatic carbocycles. The molecular weight excluding hydrogens is 151 g/mol. The average Bonchev–Trinajstić information content (AvgIpc) is 1.63. The molecule has 9 heavy (non-hydrogen) atoms. The summed E-state index contributed by atoms with van der Waals surface area (Å²) < 4.78 is 12.8. The van der Waals surface area contributed by atoms with Gasteiger partial charge in [-0.25, -0.2) is 0 Å². The normalized spacial score (nSPS) is 12.0.